The lowest BCUT2D eigenvalue weighted by molar-refractivity contribution is 0.0774. The van der Waals surface area contributed by atoms with Gasteiger partial charge in [-0.3, -0.25) is 0 Å². The molecular weight excluding hydrogens is 162 g/mol. The molecule has 0 bridgehead atoms. The molecular formula is C11H21NO. The van der Waals surface area contributed by atoms with Crippen LogP contribution >= 0.6 is 0 Å². The minimum absolute atomic E-state index is 0.379. The molecule has 0 aromatic carbocycles. The molecule has 1 heterocycles. The monoisotopic (exact) mass is 183 g/mol. The fourth-order valence-corrected chi connectivity index (χ4v) is 1.56. The van der Waals surface area contributed by atoms with E-state index in [9.17, 15) is 0 Å². The van der Waals surface area contributed by atoms with Gasteiger partial charge >= 0.3 is 0 Å². The van der Waals surface area contributed by atoms with Crippen molar-refractivity contribution in [1.29, 1.82) is 0 Å². The van der Waals surface area contributed by atoms with Crippen LogP contribution < -0.4 is 0 Å². The van der Waals surface area contributed by atoms with Gasteiger partial charge in [-0.15, -0.1) is 0 Å². The van der Waals surface area contributed by atoms with Crippen LogP contribution in [0.4, 0.5) is 0 Å². The predicted molar refractivity (Wildman–Crippen MR) is 55.9 cm³/mol. The third-order valence-electron chi connectivity index (χ3n) is 2.82. The molecule has 1 rings (SSSR count). The number of nitrogens with zero attached hydrogens (tertiary/aromatic N) is 1. The highest BCUT2D eigenvalue weighted by atomic mass is 16.6. The van der Waals surface area contributed by atoms with Gasteiger partial charge in [0.2, 0.25) is 0 Å². The van der Waals surface area contributed by atoms with Crippen molar-refractivity contribution in [2.75, 3.05) is 0 Å². The summed E-state index contributed by atoms with van der Waals surface area (Å²) in [6.07, 6.45) is 6.29. The number of rotatable bonds is 5. The second-order valence-corrected chi connectivity index (χ2v) is 3.97. The maximum absolute atomic E-state index is 5.38. The van der Waals surface area contributed by atoms with E-state index >= 15 is 0 Å². The Morgan fingerprint density at radius 3 is 2.92 bits per heavy atom. The van der Waals surface area contributed by atoms with Crippen molar-refractivity contribution in [3.63, 3.8) is 0 Å². The maximum Gasteiger partial charge on any atom is 0.132 e. The summed E-state index contributed by atoms with van der Waals surface area (Å²) in [5.41, 5.74) is 1.27. The fraction of sp³-hybridized carbons (Fsp3) is 0.909. The molecule has 2 atom stereocenters. The molecule has 0 spiro atoms. The first kappa shape index (κ1) is 10.6. The van der Waals surface area contributed by atoms with Gasteiger partial charge in [0.1, 0.15) is 6.10 Å². The zero-order valence-corrected chi connectivity index (χ0v) is 9.05. The quantitative estimate of drug-likeness (QED) is 0.640. The van der Waals surface area contributed by atoms with E-state index in [2.05, 4.69) is 25.9 Å². The van der Waals surface area contributed by atoms with E-state index in [1.807, 2.05) is 0 Å². The smallest absolute Gasteiger partial charge is 0.132 e. The van der Waals surface area contributed by atoms with Crippen LogP contribution in [0.25, 0.3) is 0 Å². The van der Waals surface area contributed by atoms with Crippen molar-refractivity contribution in [2.45, 2.75) is 59.0 Å². The van der Waals surface area contributed by atoms with E-state index in [1.165, 1.54) is 31.4 Å². The van der Waals surface area contributed by atoms with Crippen molar-refractivity contribution >= 4 is 5.71 Å². The largest absolute Gasteiger partial charge is 0.392 e. The third kappa shape index (κ3) is 3.02. The van der Waals surface area contributed by atoms with Crippen LogP contribution in [0.1, 0.15) is 52.9 Å². The molecule has 0 aromatic heterocycles. The van der Waals surface area contributed by atoms with Crippen LogP contribution in [0, 0.1) is 5.92 Å². The summed E-state index contributed by atoms with van der Waals surface area (Å²) in [6, 6.07) is 0. The first-order chi connectivity index (χ1) is 6.27. The summed E-state index contributed by atoms with van der Waals surface area (Å²) < 4.78 is 0. The topological polar surface area (TPSA) is 21.6 Å². The lowest BCUT2D eigenvalue weighted by Gasteiger charge is -2.07. The molecule has 2 unspecified atom stereocenters. The first-order valence-corrected chi connectivity index (χ1v) is 5.50. The highest BCUT2D eigenvalue weighted by Gasteiger charge is 2.23. The molecule has 0 fully saturated rings. The van der Waals surface area contributed by atoms with Gasteiger partial charge in [0, 0.05) is 6.42 Å². The Hall–Kier alpha value is -0.530. The van der Waals surface area contributed by atoms with Crippen molar-refractivity contribution in [1.82, 2.24) is 0 Å². The van der Waals surface area contributed by atoms with Crippen molar-refractivity contribution in [3.05, 3.63) is 0 Å². The minimum Gasteiger partial charge on any atom is -0.392 e. The van der Waals surface area contributed by atoms with Crippen LogP contribution in [0.5, 0.6) is 0 Å². The van der Waals surface area contributed by atoms with E-state index in [0.29, 0.717) is 12.0 Å². The Balaban J connectivity index is 2.25. The second kappa shape index (κ2) is 5.25. The molecule has 0 aromatic rings. The Morgan fingerprint density at radius 2 is 2.31 bits per heavy atom. The fourth-order valence-electron chi connectivity index (χ4n) is 1.56. The van der Waals surface area contributed by atoms with Gasteiger partial charge in [0.25, 0.3) is 0 Å². The maximum atomic E-state index is 5.38. The molecule has 0 N–H and O–H groups in total. The lowest BCUT2D eigenvalue weighted by atomic mass is 9.97. The average molecular weight is 183 g/mol. The summed E-state index contributed by atoms with van der Waals surface area (Å²) in [6.45, 7) is 6.64. The Morgan fingerprint density at radius 1 is 1.54 bits per heavy atom. The minimum atomic E-state index is 0.379. The Kier molecular flexibility index (Phi) is 4.26. The number of oxime groups is 1. The van der Waals surface area contributed by atoms with Gasteiger partial charge < -0.3 is 4.84 Å². The van der Waals surface area contributed by atoms with Gasteiger partial charge in [0.05, 0.1) is 5.71 Å². The molecule has 0 saturated carbocycles. The molecule has 13 heavy (non-hydrogen) atoms. The zero-order chi connectivity index (χ0) is 9.68. The van der Waals surface area contributed by atoms with Crippen LogP contribution in [-0.2, 0) is 4.84 Å². The van der Waals surface area contributed by atoms with Gasteiger partial charge in [0.15, 0.2) is 0 Å². The summed E-state index contributed by atoms with van der Waals surface area (Å²) in [5, 5.41) is 4.16. The number of unbranched alkanes of at least 4 members (excludes halogenated alkanes) is 1. The van der Waals surface area contributed by atoms with Gasteiger partial charge in [-0.05, 0) is 25.2 Å². The second-order valence-electron chi connectivity index (χ2n) is 3.97. The van der Waals surface area contributed by atoms with E-state index in [0.717, 1.165) is 6.42 Å². The van der Waals surface area contributed by atoms with Crippen molar-refractivity contribution in [3.8, 4) is 0 Å². The normalized spacial score (nSPS) is 23.9. The molecule has 2 nitrogen and oxygen atoms in total. The third-order valence-corrected chi connectivity index (χ3v) is 2.82. The SMILES string of the molecule is CCCCC1CC(C(C)CC)=NO1. The van der Waals surface area contributed by atoms with Crippen LogP contribution in [0.3, 0.4) is 0 Å². The summed E-state index contributed by atoms with van der Waals surface area (Å²) >= 11 is 0. The van der Waals surface area contributed by atoms with Crippen LogP contribution in [-0.4, -0.2) is 11.8 Å². The molecule has 1 aliphatic heterocycles. The Labute approximate surface area is 81.3 Å². The van der Waals surface area contributed by atoms with Crippen LogP contribution in [0.2, 0.25) is 0 Å². The summed E-state index contributed by atoms with van der Waals surface area (Å²) in [7, 11) is 0. The molecule has 0 radical (unpaired) electrons. The van der Waals surface area contributed by atoms with Gasteiger partial charge in [-0.25, -0.2) is 0 Å². The molecule has 76 valence electrons. The van der Waals surface area contributed by atoms with Gasteiger partial charge in [-0.2, -0.15) is 0 Å². The van der Waals surface area contributed by atoms with Crippen molar-refractivity contribution in [2.24, 2.45) is 11.1 Å². The standard InChI is InChI=1S/C11H21NO/c1-4-6-7-10-8-11(12-13-10)9(3)5-2/h9-10H,4-8H2,1-3H3. The predicted octanol–water partition coefficient (Wildman–Crippen LogP) is 3.37. The van der Waals surface area contributed by atoms with Gasteiger partial charge in [-0.1, -0.05) is 32.3 Å². The molecule has 0 aliphatic carbocycles. The molecule has 0 amide bonds. The van der Waals surface area contributed by atoms with E-state index in [4.69, 9.17) is 4.84 Å². The number of hydrogen-bond donors (Lipinski definition) is 0. The number of hydrogen-bond acceptors (Lipinski definition) is 2. The molecule has 0 saturated heterocycles. The lowest BCUT2D eigenvalue weighted by Crippen LogP contribution is -2.12. The van der Waals surface area contributed by atoms with Crippen LogP contribution in [0.15, 0.2) is 5.16 Å². The summed E-state index contributed by atoms with van der Waals surface area (Å²) in [5.74, 6) is 0.603. The van der Waals surface area contributed by atoms with E-state index < -0.39 is 0 Å². The zero-order valence-electron chi connectivity index (χ0n) is 9.05. The van der Waals surface area contributed by atoms with E-state index in [-0.39, 0.29) is 0 Å². The molecule has 1 aliphatic rings. The molecule has 2 heteroatoms. The highest BCUT2D eigenvalue weighted by Crippen LogP contribution is 2.21. The van der Waals surface area contributed by atoms with E-state index in [1.54, 1.807) is 0 Å². The Bertz CT molecular complexity index is 177. The van der Waals surface area contributed by atoms with Crippen molar-refractivity contribution < 1.29 is 4.84 Å². The first-order valence-electron chi connectivity index (χ1n) is 5.50. The summed E-state index contributed by atoms with van der Waals surface area (Å²) in [4.78, 5) is 5.38. The highest BCUT2D eigenvalue weighted by molar-refractivity contribution is 5.87. The average Bonchev–Trinajstić information content (AvgIpc) is 2.62.